The molecule has 0 saturated carbocycles. The van der Waals surface area contributed by atoms with Crippen molar-refractivity contribution in [2.45, 2.75) is 129 Å². The van der Waals surface area contributed by atoms with Crippen LogP contribution in [-0.2, 0) is 9.22 Å². The molecule has 0 N–H and O–H groups in total. The summed E-state index contributed by atoms with van der Waals surface area (Å²) in [6.07, 6.45) is 22.1. The molecule has 3 heteroatoms. The van der Waals surface area contributed by atoms with Crippen LogP contribution in [0.1, 0.15) is 123 Å². The van der Waals surface area contributed by atoms with Crippen molar-refractivity contribution in [3.8, 4) is 0 Å². The van der Waals surface area contributed by atoms with Crippen molar-refractivity contribution in [1.82, 2.24) is 0 Å². The van der Waals surface area contributed by atoms with Crippen LogP contribution in [0.5, 0.6) is 0 Å². The minimum absolute atomic E-state index is 0.0106. The Kier molecular flexibility index (Phi) is 20.5. The Hall–Kier alpha value is -0.313. The summed E-state index contributed by atoms with van der Waals surface area (Å²) in [4.78, 5) is 11.4. The van der Waals surface area contributed by atoms with Crippen LogP contribution < -0.4 is 0 Å². The second-order valence-corrected chi connectivity index (χ2v) is 8.06. The molecule has 0 amide bonds. The monoisotopic (exact) mass is 354 g/mol. The molecule has 2 radical (unpaired) electrons. The molecule has 0 aromatic heterocycles. The third kappa shape index (κ3) is 19.7. The van der Waals surface area contributed by atoms with Crippen molar-refractivity contribution in [3.05, 3.63) is 0 Å². The van der Waals surface area contributed by atoms with Crippen LogP contribution in [0.25, 0.3) is 0 Å². The van der Waals surface area contributed by atoms with Gasteiger partial charge in [0.05, 0.1) is 0 Å². The fourth-order valence-electron chi connectivity index (χ4n) is 2.93. The van der Waals surface area contributed by atoms with Gasteiger partial charge < -0.3 is 4.43 Å². The molecule has 0 rings (SSSR count). The molecule has 0 atom stereocenters. The SMILES string of the molecule is CCCCCCCCCCCCCCCCCC(=O)O[Si]CCC. The number of rotatable bonds is 19. The van der Waals surface area contributed by atoms with E-state index in [9.17, 15) is 4.79 Å². The molecule has 0 aliphatic carbocycles. The summed E-state index contributed by atoms with van der Waals surface area (Å²) in [6.45, 7) is 4.40. The van der Waals surface area contributed by atoms with Gasteiger partial charge >= 0.3 is 9.76 Å². The number of hydrogen-bond acceptors (Lipinski definition) is 2. The second-order valence-electron chi connectivity index (χ2n) is 7.07. The summed E-state index contributed by atoms with van der Waals surface area (Å²) in [5.41, 5.74) is 0. The van der Waals surface area contributed by atoms with Crippen LogP contribution in [0.3, 0.4) is 0 Å². The van der Waals surface area contributed by atoms with Gasteiger partial charge in [-0.1, -0.05) is 110 Å². The van der Waals surface area contributed by atoms with Crippen molar-refractivity contribution in [2.24, 2.45) is 0 Å². The molecule has 0 aromatic rings. The van der Waals surface area contributed by atoms with Gasteiger partial charge in [0.2, 0.25) is 0 Å². The molecule has 0 spiro atoms. The normalized spacial score (nSPS) is 10.9. The van der Waals surface area contributed by atoms with Crippen LogP contribution in [-0.4, -0.2) is 15.7 Å². The highest BCUT2D eigenvalue weighted by molar-refractivity contribution is 6.30. The van der Waals surface area contributed by atoms with E-state index in [0.717, 1.165) is 18.9 Å². The molecule has 0 aliphatic heterocycles. The Morgan fingerprint density at radius 2 is 1.04 bits per heavy atom. The lowest BCUT2D eigenvalue weighted by Crippen LogP contribution is -2.07. The Morgan fingerprint density at radius 3 is 1.46 bits per heavy atom. The Labute approximate surface area is 154 Å². The third-order valence-corrected chi connectivity index (χ3v) is 5.60. The molecular formula is C21H42O2Si. The van der Waals surface area contributed by atoms with Crippen molar-refractivity contribution >= 4 is 15.7 Å². The van der Waals surface area contributed by atoms with E-state index >= 15 is 0 Å². The summed E-state index contributed by atoms with van der Waals surface area (Å²) in [5, 5.41) is 0. The van der Waals surface area contributed by atoms with Crippen LogP contribution in [0.15, 0.2) is 0 Å². The predicted octanol–water partition coefficient (Wildman–Crippen LogP) is 7.24. The van der Waals surface area contributed by atoms with Crippen molar-refractivity contribution in [3.63, 3.8) is 0 Å². The quantitative estimate of drug-likeness (QED) is 0.180. The molecule has 2 nitrogen and oxygen atoms in total. The average molecular weight is 355 g/mol. The van der Waals surface area contributed by atoms with Crippen molar-refractivity contribution in [2.75, 3.05) is 0 Å². The number of carbonyl (C=O) groups is 1. The van der Waals surface area contributed by atoms with E-state index < -0.39 is 0 Å². The molecule has 0 unspecified atom stereocenters. The molecule has 0 aliphatic rings. The van der Waals surface area contributed by atoms with Gasteiger partial charge in [0.15, 0.2) is 0 Å². The van der Waals surface area contributed by atoms with E-state index in [-0.39, 0.29) is 5.97 Å². The first-order chi connectivity index (χ1) is 11.8. The lowest BCUT2D eigenvalue weighted by molar-refractivity contribution is -0.134. The van der Waals surface area contributed by atoms with Crippen LogP contribution in [0, 0.1) is 0 Å². The highest BCUT2D eigenvalue weighted by atomic mass is 28.2. The molecule has 24 heavy (non-hydrogen) atoms. The lowest BCUT2D eigenvalue weighted by atomic mass is 10.0. The zero-order chi connectivity index (χ0) is 17.7. The zero-order valence-corrected chi connectivity index (χ0v) is 17.5. The Bertz CT molecular complexity index is 256. The standard InChI is InChI=1S/C21H42O2Si/c1-3-5-6-7-8-9-10-11-12-13-14-15-16-17-18-19-21(22)23-24-20-4-2/h3-20H2,1-2H3. The number of hydrogen-bond donors (Lipinski definition) is 0. The number of unbranched alkanes of at least 4 members (excludes halogenated alkanes) is 14. The first kappa shape index (κ1) is 23.7. The van der Waals surface area contributed by atoms with Gasteiger partial charge in [-0.05, 0) is 12.5 Å². The molecule has 0 bridgehead atoms. The first-order valence-electron chi connectivity index (χ1n) is 10.7. The summed E-state index contributed by atoms with van der Waals surface area (Å²) in [5.74, 6) is 0.0106. The second kappa shape index (κ2) is 20.7. The topological polar surface area (TPSA) is 26.3 Å². The molecule has 0 heterocycles. The maximum atomic E-state index is 11.4. The van der Waals surface area contributed by atoms with E-state index in [1.807, 2.05) is 0 Å². The van der Waals surface area contributed by atoms with Crippen molar-refractivity contribution in [1.29, 1.82) is 0 Å². The smallest absolute Gasteiger partial charge is 0.314 e. The maximum absolute atomic E-state index is 11.4. The highest BCUT2D eigenvalue weighted by Gasteiger charge is 2.02. The summed E-state index contributed by atoms with van der Waals surface area (Å²) in [7, 11) is 0.374. The fourth-order valence-corrected chi connectivity index (χ4v) is 3.49. The lowest BCUT2D eigenvalue weighted by Gasteiger charge is -2.04. The van der Waals surface area contributed by atoms with Crippen molar-refractivity contribution < 1.29 is 9.22 Å². The molecule has 142 valence electrons. The fraction of sp³-hybridized carbons (Fsp3) is 0.952. The highest BCUT2D eigenvalue weighted by Crippen LogP contribution is 2.13. The van der Waals surface area contributed by atoms with Crippen LogP contribution >= 0.6 is 0 Å². The summed E-state index contributed by atoms with van der Waals surface area (Å²) < 4.78 is 5.19. The predicted molar refractivity (Wildman–Crippen MR) is 106 cm³/mol. The van der Waals surface area contributed by atoms with Gasteiger partial charge in [-0.2, -0.15) is 0 Å². The minimum atomic E-state index is 0.0106. The van der Waals surface area contributed by atoms with E-state index in [1.165, 1.54) is 89.9 Å². The molecule has 0 saturated heterocycles. The van der Waals surface area contributed by atoms with Gasteiger partial charge in [-0.25, -0.2) is 0 Å². The van der Waals surface area contributed by atoms with Gasteiger partial charge in [0, 0.05) is 6.42 Å². The van der Waals surface area contributed by atoms with E-state index in [0.29, 0.717) is 16.2 Å². The Balaban J connectivity index is 3.06. The molecular weight excluding hydrogens is 312 g/mol. The number of carbonyl (C=O) groups excluding carboxylic acids is 1. The minimum Gasteiger partial charge on any atom is -0.516 e. The largest absolute Gasteiger partial charge is 0.516 e. The Morgan fingerprint density at radius 1 is 0.625 bits per heavy atom. The zero-order valence-electron chi connectivity index (χ0n) is 16.5. The average Bonchev–Trinajstić information content (AvgIpc) is 2.58. The van der Waals surface area contributed by atoms with Gasteiger partial charge in [-0.3, -0.25) is 4.79 Å². The van der Waals surface area contributed by atoms with Gasteiger partial charge in [-0.15, -0.1) is 0 Å². The van der Waals surface area contributed by atoms with E-state index in [2.05, 4.69) is 13.8 Å². The van der Waals surface area contributed by atoms with E-state index in [4.69, 9.17) is 4.43 Å². The third-order valence-electron chi connectivity index (χ3n) is 4.52. The van der Waals surface area contributed by atoms with E-state index in [1.54, 1.807) is 0 Å². The summed E-state index contributed by atoms with van der Waals surface area (Å²) >= 11 is 0. The van der Waals surface area contributed by atoms with Crippen LogP contribution in [0.2, 0.25) is 6.04 Å². The molecule has 0 fully saturated rings. The summed E-state index contributed by atoms with van der Waals surface area (Å²) in [6, 6.07) is 1.02. The maximum Gasteiger partial charge on any atom is 0.314 e. The van der Waals surface area contributed by atoms with Crippen LogP contribution in [0.4, 0.5) is 0 Å². The first-order valence-corrected chi connectivity index (χ1v) is 11.8. The van der Waals surface area contributed by atoms with Gasteiger partial charge in [0.1, 0.15) is 0 Å². The molecule has 0 aromatic carbocycles. The van der Waals surface area contributed by atoms with Gasteiger partial charge in [0.25, 0.3) is 5.97 Å².